The van der Waals surface area contributed by atoms with Crippen LogP contribution in [0.5, 0.6) is 0 Å². The van der Waals surface area contributed by atoms with Crippen molar-refractivity contribution in [3.63, 3.8) is 0 Å². The highest BCUT2D eigenvalue weighted by atomic mass is 32.2. The smallest absolute Gasteiger partial charge is 0.322 e. The van der Waals surface area contributed by atoms with Crippen LogP contribution in [0.2, 0.25) is 0 Å². The second kappa shape index (κ2) is 7.58. The van der Waals surface area contributed by atoms with E-state index in [4.69, 9.17) is 0 Å². The molecule has 0 aliphatic carbocycles. The molecule has 23 heavy (non-hydrogen) atoms. The Morgan fingerprint density at radius 1 is 1.22 bits per heavy atom. The van der Waals surface area contributed by atoms with Gasteiger partial charge < -0.3 is 10.0 Å². The van der Waals surface area contributed by atoms with Gasteiger partial charge in [-0.05, 0) is 44.4 Å². The number of carboxylic acids is 1. The average molecular weight is 337 g/mol. The maximum Gasteiger partial charge on any atom is 0.322 e. The van der Waals surface area contributed by atoms with Crippen LogP contribution in [-0.2, 0) is 4.79 Å². The zero-order chi connectivity index (χ0) is 17.0. The largest absolute Gasteiger partial charge is 0.480 e. The monoisotopic (exact) mass is 336 g/mol. The summed E-state index contributed by atoms with van der Waals surface area (Å²) in [6, 6.07) is 8.04. The minimum Gasteiger partial charge on any atom is -0.480 e. The number of nitrogens with one attached hydrogen (secondary N) is 1. The maximum absolute atomic E-state index is 11.4. The van der Waals surface area contributed by atoms with Crippen molar-refractivity contribution in [1.82, 2.24) is 5.32 Å². The van der Waals surface area contributed by atoms with Crippen LogP contribution in [0, 0.1) is 0 Å². The lowest BCUT2D eigenvalue weighted by Crippen LogP contribution is -2.43. The number of carbonyl (C=O) groups is 1. The van der Waals surface area contributed by atoms with Crippen LogP contribution in [0.1, 0.15) is 51.5 Å². The number of benzene rings is 1. The summed E-state index contributed by atoms with van der Waals surface area (Å²) < 4.78 is -0.314. The topological polar surface area (TPSA) is 52.6 Å². The van der Waals surface area contributed by atoms with E-state index in [2.05, 4.69) is 48.3 Å². The number of hydrogen-bond donors (Lipinski definition) is 2. The third-order valence-electron chi connectivity index (χ3n) is 4.23. The number of thioether (sulfide) groups is 1. The Morgan fingerprint density at radius 2 is 1.78 bits per heavy atom. The lowest BCUT2D eigenvalue weighted by atomic mass is 10.0. The minimum absolute atomic E-state index is 0.0333. The van der Waals surface area contributed by atoms with Gasteiger partial charge in [0.2, 0.25) is 0 Å². The molecule has 1 aliphatic rings. The Hall–Kier alpha value is -1.20. The molecule has 1 heterocycles. The SMILES string of the molecule is CCCN(CCC)c1ccc(C2N[C@@H](C(=O)O)C(C)(C)S2)cc1. The molecular formula is C18H28N2O2S. The van der Waals surface area contributed by atoms with E-state index < -0.39 is 12.0 Å². The summed E-state index contributed by atoms with van der Waals surface area (Å²) >= 11 is 1.69. The van der Waals surface area contributed by atoms with Gasteiger partial charge in [-0.15, -0.1) is 11.8 Å². The highest BCUT2D eigenvalue weighted by Gasteiger charge is 2.45. The van der Waals surface area contributed by atoms with Crippen molar-refractivity contribution in [2.45, 2.75) is 56.7 Å². The maximum atomic E-state index is 11.4. The molecule has 2 N–H and O–H groups in total. The van der Waals surface area contributed by atoms with Crippen LogP contribution in [0.4, 0.5) is 5.69 Å². The fraction of sp³-hybridized carbons (Fsp3) is 0.611. The minimum atomic E-state index is -0.779. The highest BCUT2D eigenvalue weighted by Crippen LogP contribution is 2.45. The lowest BCUT2D eigenvalue weighted by Gasteiger charge is -2.24. The summed E-state index contributed by atoms with van der Waals surface area (Å²) in [6.45, 7) is 10.5. The number of carboxylic acid groups (broad SMARTS) is 1. The number of hydrogen-bond acceptors (Lipinski definition) is 4. The molecule has 2 rings (SSSR count). The molecule has 0 saturated carbocycles. The number of aliphatic carboxylic acids is 1. The first-order chi connectivity index (χ1) is 10.9. The van der Waals surface area contributed by atoms with Crippen molar-refractivity contribution in [3.05, 3.63) is 29.8 Å². The Kier molecular flexibility index (Phi) is 5.98. The molecular weight excluding hydrogens is 308 g/mol. The van der Waals surface area contributed by atoms with E-state index in [9.17, 15) is 9.90 Å². The summed E-state index contributed by atoms with van der Waals surface area (Å²) in [6.07, 6.45) is 2.27. The fourth-order valence-corrected chi connectivity index (χ4v) is 4.47. The molecule has 1 unspecified atom stereocenters. The van der Waals surface area contributed by atoms with E-state index in [1.807, 2.05) is 13.8 Å². The van der Waals surface area contributed by atoms with E-state index >= 15 is 0 Å². The first-order valence-corrected chi connectivity index (χ1v) is 9.28. The first kappa shape index (κ1) is 18.1. The van der Waals surface area contributed by atoms with E-state index in [-0.39, 0.29) is 10.1 Å². The van der Waals surface area contributed by atoms with Crippen LogP contribution >= 0.6 is 11.8 Å². The van der Waals surface area contributed by atoms with Crippen LogP contribution in [-0.4, -0.2) is 35.0 Å². The van der Waals surface area contributed by atoms with Crippen molar-refractivity contribution >= 4 is 23.4 Å². The zero-order valence-corrected chi connectivity index (χ0v) is 15.3. The molecule has 0 amide bonds. The van der Waals surface area contributed by atoms with Crippen molar-refractivity contribution in [2.75, 3.05) is 18.0 Å². The summed E-state index contributed by atoms with van der Waals surface area (Å²) in [5.74, 6) is -0.779. The van der Waals surface area contributed by atoms with Gasteiger partial charge in [0.15, 0.2) is 0 Å². The molecule has 1 aromatic carbocycles. The molecule has 1 fully saturated rings. The molecule has 0 aromatic heterocycles. The predicted octanol–water partition coefficient (Wildman–Crippen LogP) is 3.88. The van der Waals surface area contributed by atoms with Crippen molar-refractivity contribution in [2.24, 2.45) is 0 Å². The molecule has 1 saturated heterocycles. The zero-order valence-electron chi connectivity index (χ0n) is 14.5. The second-order valence-corrected chi connectivity index (χ2v) is 8.38. The average Bonchev–Trinajstić information content (AvgIpc) is 2.83. The molecule has 128 valence electrons. The van der Waals surface area contributed by atoms with Crippen molar-refractivity contribution < 1.29 is 9.90 Å². The van der Waals surface area contributed by atoms with Gasteiger partial charge in [-0.1, -0.05) is 26.0 Å². The Bertz CT molecular complexity index is 524. The third-order valence-corrected chi connectivity index (χ3v) is 5.72. The Balaban J connectivity index is 2.12. The number of nitrogens with zero attached hydrogens (tertiary/aromatic N) is 1. The molecule has 0 bridgehead atoms. The van der Waals surface area contributed by atoms with Gasteiger partial charge in [-0.2, -0.15) is 0 Å². The van der Waals surface area contributed by atoms with Gasteiger partial charge in [0.05, 0.1) is 5.37 Å². The van der Waals surface area contributed by atoms with Crippen molar-refractivity contribution in [3.8, 4) is 0 Å². The quantitative estimate of drug-likeness (QED) is 0.791. The summed E-state index contributed by atoms with van der Waals surface area (Å²) in [4.78, 5) is 13.8. The summed E-state index contributed by atoms with van der Waals surface area (Å²) in [7, 11) is 0. The van der Waals surface area contributed by atoms with Crippen LogP contribution in [0.3, 0.4) is 0 Å². The molecule has 1 aromatic rings. The van der Waals surface area contributed by atoms with Crippen molar-refractivity contribution in [1.29, 1.82) is 0 Å². The number of rotatable bonds is 7. The molecule has 1 aliphatic heterocycles. The highest BCUT2D eigenvalue weighted by molar-refractivity contribution is 8.01. The van der Waals surface area contributed by atoms with Gasteiger partial charge >= 0.3 is 5.97 Å². The predicted molar refractivity (Wildman–Crippen MR) is 98.2 cm³/mol. The Morgan fingerprint density at radius 3 is 2.22 bits per heavy atom. The Labute approximate surface area is 143 Å². The van der Waals surface area contributed by atoms with Gasteiger partial charge in [0, 0.05) is 23.5 Å². The van der Waals surface area contributed by atoms with E-state index in [0.717, 1.165) is 31.5 Å². The fourth-order valence-electron chi connectivity index (χ4n) is 3.06. The van der Waals surface area contributed by atoms with Gasteiger partial charge in [0.25, 0.3) is 0 Å². The van der Waals surface area contributed by atoms with Crippen LogP contribution in [0.25, 0.3) is 0 Å². The molecule has 2 atom stereocenters. The number of anilines is 1. The molecule has 0 radical (unpaired) electrons. The van der Waals surface area contributed by atoms with E-state index in [1.54, 1.807) is 11.8 Å². The van der Waals surface area contributed by atoms with Gasteiger partial charge in [0.1, 0.15) is 6.04 Å². The van der Waals surface area contributed by atoms with E-state index in [0.29, 0.717) is 0 Å². The normalized spacial score (nSPS) is 23.0. The second-order valence-electron chi connectivity index (χ2n) is 6.62. The molecule has 0 spiro atoms. The van der Waals surface area contributed by atoms with E-state index in [1.165, 1.54) is 5.69 Å². The van der Waals surface area contributed by atoms with Gasteiger partial charge in [-0.25, -0.2) is 0 Å². The first-order valence-electron chi connectivity index (χ1n) is 8.40. The van der Waals surface area contributed by atoms with Crippen LogP contribution < -0.4 is 10.2 Å². The lowest BCUT2D eigenvalue weighted by molar-refractivity contribution is -0.139. The molecule has 5 heteroatoms. The van der Waals surface area contributed by atoms with Gasteiger partial charge in [-0.3, -0.25) is 10.1 Å². The summed E-state index contributed by atoms with van der Waals surface area (Å²) in [5.41, 5.74) is 2.39. The molecule has 4 nitrogen and oxygen atoms in total. The third kappa shape index (κ3) is 4.21. The summed E-state index contributed by atoms with van der Waals surface area (Å²) in [5, 5.41) is 12.6. The standard InChI is InChI=1S/C18H28N2O2S/c1-5-11-20(12-6-2)14-9-7-13(8-10-14)16-19-15(17(21)22)18(3,4)23-16/h7-10,15-16,19H,5-6,11-12H2,1-4H3,(H,21,22)/t15-,16?/m0/s1. The van der Waals surface area contributed by atoms with Crippen LogP contribution in [0.15, 0.2) is 24.3 Å².